The second kappa shape index (κ2) is 3.79. The van der Waals surface area contributed by atoms with Crippen molar-refractivity contribution in [1.29, 1.82) is 0 Å². The maximum atomic E-state index is 5.18. The third-order valence-corrected chi connectivity index (χ3v) is 2.25. The molecule has 0 spiro atoms. The van der Waals surface area contributed by atoms with E-state index in [0.29, 0.717) is 17.3 Å². The second-order valence-electron chi connectivity index (χ2n) is 2.56. The third-order valence-electron chi connectivity index (χ3n) is 1.68. The van der Waals surface area contributed by atoms with Gasteiger partial charge in [-0.15, -0.1) is 10.2 Å². The van der Waals surface area contributed by atoms with Crippen LogP contribution in [0.1, 0.15) is 0 Å². The van der Waals surface area contributed by atoms with E-state index in [0.717, 1.165) is 4.47 Å². The Kier molecular flexibility index (Phi) is 2.49. The van der Waals surface area contributed by atoms with Gasteiger partial charge < -0.3 is 9.15 Å². The lowest BCUT2D eigenvalue weighted by Gasteiger charge is -2.01. The third kappa shape index (κ3) is 1.63. The molecule has 0 radical (unpaired) electrons. The van der Waals surface area contributed by atoms with E-state index in [2.05, 4.69) is 26.1 Å². The normalized spacial score (nSPS) is 10.1. The summed E-state index contributed by atoms with van der Waals surface area (Å²) in [4.78, 5) is 0. The van der Waals surface area contributed by atoms with Crippen molar-refractivity contribution in [1.82, 2.24) is 10.2 Å². The molecule has 72 valence electrons. The molecule has 0 fully saturated rings. The zero-order valence-electron chi connectivity index (χ0n) is 7.40. The van der Waals surface area contributed by atoms with Crippen molar-refractivity contribution >= 4 is 15.9 Å². The molecule has 0 aliphatic heterocycles. The molecule has 4 nitrogen and oxygen atoms in total. The van der Waals surface area contributed by atoms with Gasteiger partial charge in [0.15, 0.2) is 5.76 Å². The summed E-state index contributed by atoms with van der Waals surface area (Å²) < 4.78 is 10.9. The minimum absolute atomic E-state index is 0.459. The van der Waals surface area contributed by atoms with Crippen LogP contribution in [0.5, 0.6) is 5.88 Å². The summed E-state index contributed by atoms with van der Waals surface area (Å²) in [6.45, 7) is 0. The summed E-state index contributed by atoms with van der Waals surface area (Å²) in [5.74, 6) is 1.14. The average Bonchev–Trinajstić information content (AvgIpc) is 2.70. The average molecular weight is 255 g/mol. The molecule has 2 heterocycles. The fourth-order valence-corrected chi connectivity index (χ4v) is 1.50. The molecule has 0 aliphatic carbocycles. The minimum atomic E-state index is 0.459. The van der Waals surface area contributed by atoms with Crippen molar-refractivity contribution in [3.63, 3.8) is 0 Å². The van der Waals surface area contributed by atoms with Gasteiger partial charge >= 0.3 is 0 Å². The Morgan fingerprint density at radius 1 is 1.43 bits per heavy atom. The number of methoxy groups -OCH3 is 1. The number of nitrogens with zero attached hydrogens (tertiary/aromatic N) is 2. The van der Waals surface area contributed by atoms with Crippen molar-refractivity contribution in [2.45, 2.75) is 0 Å². The number of hydrogen-bond donors (Lipinski definition) is 0. The highest BCUT2D eigenvalue weighted by Gasteiger charge is 2.07. The molecule has 14 heavy (non-hydrogen) atoms. The summed E-state index contributed by atoms with van der Waals surface area (Å²) in [5.41, 5.74) is 0.669. The predicted molar refractivity (Wildman–Crippen MR) is 54.0 cm³/mol. The van der Waals surface area contributed by atoms with Crippen LogP contribution in [0.2, 0.25) is 0 Å². The summed E-state index contributed by atoms with van der Waals surface area (Å²) in [5, 5.41) is 7.83. The van der Waals surface area contributed by atoms with Crippen molar-refractivity contribution in [3.8, 4) is 17.3 Å². The predicted octanol–water partition coefficient (Wildman–Crippen LogP) is 2.51. The van der Waals surface area contributed by atoms with E-state index in [1.807, 2.05) is 6.07 Å². The number of furan rings is 1. The summed E-state index contributed by atoms with van der Waals surface area (Å²) in [6.07, 6.45) is 1.59. The first kappa shape index (κ1) is 9.21. The zero-order chi connectivity index (χ0) is 9.97. The minimum Gasteiger partial charge on any atom is -0.479 e. The van der Waals surface area contributed by atoms with Gasteiger partial charge in [0.25, 0.3) is 0 Å². The molecule has 0 aromatic carbocycles. The van der Waals surface area contributed by atoms with Crippen LogP contribution < -0.4 is 4.74 Å². The van der Waals surface area contributed by atoms with Crippen LogP contribution in [-0.4, -0.2) is 17.3 Å². The molecule has 0 amide bonds. The lowest BCUT2D eigenvalue weighted by molar-refractivity contribution is 0.389. The van der Waals surface area contributed by atoms with Gasteiger partial charge in [-0.3, -0.25) is 0 Å². The highest BCUT2D eigenvalue weighted by Crippen LogP contribution is 2.26. The molecule has 2 rings (SSSR count). The lowest BCUT2D eigenvalue weighted by atomic mass is 10.3. The molecule has 5 heteroatoms. The lowest BCUT2D eigenvalue weighted by Crippen LogP contribution is -1.93. The van der Waals surface area contributed by atoms with Gasteiger partial charge in [0.2, 0.25) is 5.88 Å². The fraction of sp³-hybridized carbons (Fsp3) is 0.111. The SMILES string of the molecule is COc1nnc(-c2ccco2)cc1Br. The van der Waals surface area contributed by atoms with Crippen LogP contribution in [0.4, 0.5) is 0 Å². The summed E-state index contributed by atoms with van der Waals surface area (Å²) in [6, 6.07) is 5.42. The van der Waals surface area contributed by atoms with Gasteiger partial charge in [-0.25, -0.2) is 0 Å². The number of ether oxygens (including phenoxy) is 1. The maximum Gasteiger partial charge on any atom is 0.247 e. The quantitative estimate of drug-likeness (QED) is 0.827. The molecule has 0 N–H and O–H groups in total. The molecule has 0 aliphatic rings. The Bertz CT molecular complexity index is 428. The Hall–Kier alpha value is -1.36. The number of aromatic nitrogens is 2. The van der Waals surface area contributed by atoms with Crippen LogP contribution >= 0.6 is 15.9 Å². The van der Waals surface area contributed by atoms with Gasteiger partial charge in [-0.05, 0) is 34.1 Å². The fourth-order valence-electron chi connectivity index (χ4n) is 1.04. The molecule has 0 bridgehead atoms. The zero-order valence-corrected chi connectivity index (χ0v) is 8.98. The smallest absolute Gasteiger partial charge is 0.247 e. The second-order valence-corrected chi connectivity index (χ2v) is 3.42. The van der Waals surface area contributed by atoms with E-state index in [1.54, 1.807) is 25.5 Å². The topological polar surface area (TPSA) is 48.2 Å². The first-order chi connectivity index (χ1) is 6.81. The standard InChI is InChI=1S/C9H7BrN2O2/c1-13-9-6(10)5-7(11-12-9)8-3-2-4-14-8/h2-5H,1H3. The van der Waals surface area contributed by atoms with E-state index < -0.39 is 0 Å². The van der Waals surface area contributed by atoms with Gasteiger partial charge in [-0.2, -0.15) is 0 Å². The monoisotopic (exact) mass is 254 g/mol. The molecule has 0 saturated heterocycles. The van der Waals surface area contributed by atoms with Crippen LogP contribution in [0.25, 0.3) is 11.5 Å². The highest BCUT2D eigenvalue weighted by molar-refractivity contribution is 9.10. The van der Waals surface area contributed by atoms with Crippen molar-refractivity contribution in [2.75, 3.05) is 7.11 Å². The van der Waals surface area contributed by atoms with Crippen molar-refractivity contribution < 1.29 is 9.15 Å². The highest BCUT2D eigenvalue weighted by atomic mass is 79.9. The van der Waals surface area contributed by atoms with E-state index in [1.165, 1.54) is 0 Å². The molecule has 2 aromatic rings. The van der Waals surface area contributed by atoms with Crippen LogP contribution in [-0.2, 0) is 0 Å². The van der Waals surface area contributed by atoms with Gasteiger partial charge in [0.1, 0.15) is 5.69 Å². The molecular weight excluding hydrogens is 248 g/mol. The van der Waals surface area contributed by atoms with Gasteiger partial charge in [0, 0.05) is 0 Å². The van der Waals surface area contributed by atoms with Crippen LogP contribution in [0.15, 0.2) is 33.4 Å². The van der Waals surface area contributed by atoms with Gasteiger partial charge in [-0.1, -0.05) is 0 Å². The van der Waals surface area contributed by atoms with E-state index in [4.69, 9.17) is 9.15 Å². The summed E-state index contributed by atoms with van der Waals surface area (Å²) in [7, 11) is 1.54. The van der Waals surface area contributed by atoms with E-state index >= 15 is 0 Å². The summed E-state index contributed by atoms with van der Waals surface area (Å²) >= 11 is 3.32. The van der Waals surface area contributed by atoms with E-state index in [9.17, 15) is 0 Å². The van der Waals surface area contributed by atoms with Gasteiger partial charge in [0.05, 0.1) is 17.8 Å². The van der Waals surface area contributed by atoms with Crippen LogP contribution in [0, 0.1) is 0 Å². The van der Waals surface area contributed by atoms with E-state index in [-0.39, 0.29) is 0 Å². The number of rotatable bonds is 2. The molecule has 2 aromatic heterocycles. The Labute approximate surface area is 89.0 Å². The molecule has 0 unspecified atom stereocenters. The molecular formula is C9H7BrN2O2. The molecule has 0 saturated carbocycles. The number of halogens is 1. The Morgan fingerprint density at radius 3 is 2.86 bits per heavy atom. The maximum absolute atomic E-state index is 5.18. The number of hydrogen-bond acceptors (Lipinski definition) is 4. The van der Waals surface area contributed by atoms with Crippen LogP contribution in [0.3, 0.4) is 0 Å². The Balaban J connectivity index is 2.43. The molecule has 0 atom stereocenters. The first-order valence-electron chi connectivity index (χ1n) is 3.92. The van der Waals surface area contributed by atoms with Crippen molar-refractivity contribution in [3.05, 3.63) is 28.9 Å². The van der Waals surface area contributed by atoms with Crippen molar-refractivity contribution in [2.24, 2.45) is 0 Å². The largest absolute Gasteiger partial charge is 0.479 e. The first-order valence-corrected chi connectivity index (χ1v) is 4.71. The Morgan fingerprint density at radius 2 is 2.29 bits per heavy atom.